The van der Waals surface area contributed by atoms with E-state index in [0.717, 1.165) is 9.80 Å². The largest absolute Gasteiger partial charge is 0.506 e. The number of carbonyl (C=O) groups is 7. The first-order chi connectivity index (χ1) is 20.4. The summed E-state index contributed by atoms with van der Waals surface area (Å²) in [4.78, 5) is 85.3. The maximum Gasteiger partial charge on any atom is 0.326 e. The van der Waals surface area contributed by atoms with Gasteiger partial charge in [0.2, 0.25) is 5.91 Å². The van der Waals surface area contributed by atoms with E-state index < -0.39 is 93.1 Å². The molecule has 1 amide bonds. The van der Waals surface area contributed by atoms with Crippen LogP contribution in [0.2, 0.25) is 0 Å². The van der Waals surface area contributed by atoms with E-state index in [-0.39, 0.29) is 25.3 Å². The second kappa shape index (κ2) is 18.5. The standard InChI is InChI=1S/C24H30I2N4O14/c25-13-3-12(4-14(26)22(13)41)5-15(24(43)44)27-23(42)16(30(10-20(37)38)11-21(39)40)6-28(7-17(31)32)1-2-29(8-18(33)34)9-19(35)36/h3-4,15-16,41H,1-2,5-11H2,(H,27,42)(H,31,32)(H,33,34)(H,35,36)(H,37,38)(H,39,40)(H,43,44)/t15-,16?/m0/s1. The molecule has 0 heterocycles. The van der Waals surface area contributed by atoms with Gasteiger partial charge in [-0.3, -0.25) is 43.5 Å². The van der Waals surface area contributed by atoms with E-state index >= 15 is 0 Å². The Morgan fingerprint density at radius 2 is 1.09 bits per heavy atom. The van der Waals surface area contributed by atoms with Crippen molar-refractivity contribution in [1.82, 2.24) is 20.0 Å². The summed E-state index contributed by atoms with van der Waals surface area (Å²) in [6.45, 7) is -5.62. The van der Waals surface area contributed by atoms with Gasteiger partial charge in [0, 0.05) is 26.1 Å². The normalized spacial score (nSPS) is 12.6. The summed E-state index contributed by atoms with van der Waals surface area (Å²) in [5, 5.41) is 68.4. The van der Waals surface area contributed by atoms with E-state index in [9.17, 15) is 59.1 Å². The minimum absolute atomic E-state index is 0.0345. The molecule has 0 aliphatic carbocycles. The first-order valence-electron chi connectivity index (χ1n) is 12.4. The van der Waals surface area contributed by atoms with Crippen molar-refractivity contribution >= 4 is 86.9 Å². The Kier molecular flexibility index (Phi) is 16.2. The Morgan fingerprint density at radius 3 is 1.50 bits per heavy atom. The molecule has 1 unspecified atom stereocenters. The molecule has 20 heteroatoms. The van der Waals surface area contributed by atoms with Crippen molar-refractivity contribution in [3.8, 4) is 5.75 Å². The third kappa shape index (κ3) is 14.4. The molecule has 0 aliphatic rings. The van der Waals surface area contributed by atoms with Gasteiger partial charge in [0.15, 0.2) is 0 Å². The molecule has 2 atom stereocenters. The van der Waals surface area contributed by atoms with Crippen LogP contribution in [0, 0.1) is 7.14 Å². The molecule has 8 N–H and O–H groups in total. The van der Waals surface area contributed by atoms with Gasteiger partial charge in [0.25, 0.3) is 0 Å². The number of carboxylic acid groups (broad SMARTS) is 6. The minimum Gasteiger partial charge on any atom is -0.506 e. The molecule has 0 aliphatic heterocycles. The molecule has 0 radical (unpaired) electrons. The van der Waals surface area contributed by atoms with Crippen molar-refractivity contribution in [2.24, 2.45) is 0 Å². The highest BCUT2D eigenvalue weighted by Gasteiger charge is 2.34. The molecule has 1 aromatic rings. The second-order valence-electron chi connectivity index (χ2n) is 9.35. The summed E-state index contributed by atoms with van der Waals surface area (Å²) < 4.78 is 0.798. The summed E-state index contributed by atoms with van der Waals surface area (Å²) >= 11 is 3.65. The van der Waals surface area contributed by atoms with Gasteiger partial charge in [-0.15, -0.1) is 0 Å². The van der Waals surface area contributed by atoms with Crippen molar-refractivity contribution in [1.29, 1.82) is 0 Å². The maximum atomic E-state index is 13.5. The highest BCUT2D eigenvalue weighted by atomic mass is 127. The number of aliphatic carboxylic acids is 6. The Labute approximate surface area is 276 Å². The Balaban J connectivity index is 3.42. The van der Waals surface area contributed by atoms with Gasteiger partial charge in [0.05, 0.1) is 39.9 Å². The number of phenols is 1. The maximum absolute atomic E-state index is 13.5. The van der Waals surface area contributed by atoms with Gasteiger partial charge < -0.3 is 41.1 Å². The fourth-order valence-corrected chi connectivity index (χ4v) is 5.87. The van der Waals surface area contributed by atoms with E-state index in [1.807, 2.05) is 45.2 Å². The van der Waals surface area contributed by atoms with E-state index in [0.29, 0.717) is 17.6 Å². The smallest absolute Gasteiger partial charge is 0.326 e. The second-order valence-corrected chi connectivity index (χ2v) is 11.7. The van der Waals surface area contributed by atoms with Crippen molar-refractivity contribution < 1.29 is 69.3 Å². The van der Waals surface area contributed by atoms with Crippen LogP contribution in [-0.4, -0.2) is 157 Å². The third-order valence-electron chi connectivity index (χ3n) is 5.79. The Morgan fingerprint density at radius 1 is 0.682 bits per heavy atom. The summed E-state index contributed by atoms with van der Waals surface area (Å²) in [6.07, 6.45) is -0.296. The van der Waals surface area contributed by atoms with Crippen LogP contribution >= 0.6 is 45.2 Å². The van der Waals surface area contributed by atoms with Gasteiger partial charge in [0.1, 0.15) is 17.8 Å². The van der Waals surface area contributed by atoms with Gasteiger partial charge in [-0.05, 0) is 62.9 Å². The van der Waals surface area contributed by atoms with E-state index in [1.165, 1.54) is 12.1 Å². The number of nitrogens with zero attached hydrogens (tertiary/aromatic N) is 3. The number of hydrogen-bond acceptors (Lipinski definition) is 11. The molecule has 1 rings (SSSR count). The van der Waals surface area contributed by atoms with Crippen molar-refractivity contribution in [3.63, 3.8) is 0 Å². The lowest BCUT2D eigenvalue weighted by Crippen LogP contribution is -2.58. The van der Waals surface area contributed by atoms with Crippen LogP contribution in [0.4, 0.5) is 0 Å². The lowest BCUT2D eigenvalue weighted by molar-refractivity contribution is -0.148. The highest BCUT2D eigenvalue weighted by molar-refractivity contribution is 14.1. The average Bonchev–Trinajstić information content (AvgIpc) is 2.86. The SMILES string of the molecule is O=C(O)CN(CCN(CC(=O)O)CC(C(=O)N[C@@H](Cc1cc(I)c(O)c(I)c1)C(=O)O)N(CC(=O)O)CC(=O)O)CC(=O)O. The fourth-order valence-electron chi connectivity index (χ4n) is 3.98. The van der Waals surface area contributed by atoms with Crippen molar-refractivity contribution in [3.05, 3.63) is 24.8 Å². The van der Waals surface area contributed by atoms with Crippen LogP contribution in [0.3, 0.4) is 0 Å². The number of carbonyl (C=O) groups excluding carboxylic acids is 1. The number of nitrogens with one attached hydrogen (secondary N) is 1. The van der Waals surface area contributed by atoms with Gasteiger partial charge >= 0.3 is 35.8 Å². The van der Waals surface area contributed by atoms with Gasteiger partial charge in [-0.2, -0.15) is 0 Å². The van der Waals surface area contributed by atoms with Crippen LogP contribution in [0.1, 0.15) is 5.56 Å². The molecule has 0 bridgehead atoms. The Bertz CT molecular complexity index is 1210. The van der Waals surface area contributed by atoms with E-state index in [1.54, 1.807) is 0 Å². The molecule has 44 heavy (non-hydrogen) atoms. The van der Waals surface area contributed by atoms with Gasteiger partial charge in [-0.1, -0.05) is 0 Å². The predicted octanol–water partition coefficient (Wildman–Crippen LogP) is -1.59. The average molecular weight is 852 g/mol. The number of hydrogen-bond donors (Lipinski definition) is 8. The van der Waals surface area contributed by atoms with Crippen LogP contribution in [0.25, 0.3) is 0 Å². The number of phenolic OH excluding ortho intramolecular Hbond substituents is 1. The summed E-state index contributed by atoms with van der Waals surface area (Å²) in [5.41, 5.74) is 0.401. The monoisotopic (exact) mass is 852 g/mol. The zero-order valence-electron chi connectivity index (χ0n) is 22.8. The summed E-state index contributed by atoms with van der Waals surface area (Å²) in [7, 11) is 0. The predicted molar refractivity (Wildman–Crippen MR) is 163 cm³/mol. The highest BCUT2D eigenvalue weighted by Crippen LogP contribution is 2.28. The van der Waals surface area contributed by atoms with Crippen molar-refractivity contribution in [2.45, 2.75) is 18.5 Å². The number of carboxylic acids is 6. The van der Waals surface area contributed by atoms with E-state index in [4.69, 9.17) is 10.2 Å². The molecular formula is C24H30I2N4O14. The molecule has 18 nitrogen and oxygen atoms in total. The van der Waals surface area contributed by atoms with Crippen LogP contribution in [0.15, 0.2) is 12.1 Å². The molecular weight excluding hydrogens is 822 g/mol. The van der Waals surface area contributed by atoms with E-state index in [2.05, 4.69) is 5.32 Å². The number of amides is 1. The lowest BCUT2D eigenvalue weighted by atomic mass is 10.0. The zero-order valence-corrected chi connectivity index (χ0v) is 27.1. The summed E-state index contributed by atoms with van der Waals surface area (Å²) in [5.74, 6) is -9.97. The quantitative estimate of drug-likeness (QED) is 0.0648. The molecule has 0 saturated carbocycles. The number of rotatable bonds is 21. The van der Waals surface area contributed by atoms with Crippen LogP contribution in [-0.2, 0) is 40.0 Å². The first kappa shape index (κ1) is 38.7. The molecule has 0 aromatic heterocycles. The summed E-state index contributed by atoms with van der Waals surface area (Å²) in [6, 6.07) is -0.399. The minimum atomic E-state index is -1.74. The molecule has 0 spiro atoms. The third-order valence-corrected chi connectivity index (χ3v) is 7.44. The molecule has 1 aromatic carbocycles. The van der Waals surface area contributed by atoms with Crippen LogP contribution < -0.4 is 5.32 Å². The van der Waals surface area contributed by atoms with Crippen LogP contribution in [0.5, 0.6) is 5.75 Å². The molecule has 0 fully saturated rings. The van der Waals surface area contributed by atoms with Gasteiger partial charge in [-0.25, -0.2) is 4.79 Å². The van der Waals surface area contributed by atoms with Crippen molar-refractivity contribution in [2.75, 3.05) is 52.4 Å². The number of aromatic hydroxyl groups is 1. The number of halogens is 2. The number of benzene rings is 1. The molecule has 0 saturated heterocycles. The Hall–Kier alpha value is -3.35. The lowest BCUT2D eigenvalue weighted by Gasteiger charge is -2.34. The topological polar surface area (TPSA) is 283 Å². The molecule has 244 valence electrons. The zero-order chi connectivity index (χ0) is 33.7. The first-order valence-corrected chi connectivity index (χ1v) is 14.5. The fraction of sp³-hybridized carbons (Fsp3) is 0.458.